The molecule has 0 aromatic carbocycles. The van der Waals surface area contributed by atoms with Crippen molar-refractivity contribution in [3.05, 3.63) is 12.2 Å². The molecule has 76 valence electrons. The smallest absolute Gasteiger partial charge is 0.333 e. The Hall–Kier alpha value is -0.830. The van der Waals surface area contributed by atoms with E-state index in [0.29, 0.717) is 5.57 Å². The molecule has 0 saturated carbocycles. The zero-order chi connectivity index (χ0) is 10.6. The maximum atomic E-state index is 11.0. The summed E-state index contributed by atoms with van der Waals surface area (Å²) in [7, 11) is 0. The molecule has 0 aliphatic heterocycles. The molecule has 0 amide bonds. The summed E-state index contributed by atoms with van der Waals surface area (Å²) in [6, 6.07) is 0. The first-order valence-corrected chi connectivity index (χ1v) is 4.40. The number of carbonyl (C=O) groups excluding carboxylic acids is 1. The van der Waals surface area contributed by atoms with E-state index in [1.165, 1.54) is 0 Å². The van der Waals surface area contributed by atoms with E-state index in [4.69, 9.17) is 4.74 Å². The Labute approximate surface area is 79.4 Å². The molecule has 3 heteroatoms. The summed E-state index contributed by atoms with van der Waals surface area (Å²) in [4.78, 5) is 11.0. The summed E-state index contributed by atoms with van der Waals surface area (Å²) in [6.45, 7) is 10.5. The summed E-state index contributed by atoms with van der Waals surface area (Å²) >= 11 is 0. The Bertz CT molecular complexity index is 196. The van der Waals surface area contributed by atoms with Gasteiger partial charge in [0, 0.05) is 5.57 Å². The summed E-state index contributed by atoms with van der Waals surface area (Å²) in [5.41, 5.74) is 0.350. The van der Waals surface area contributed by atoms with Crippen molar-refractivity contribution in [2.24, 2.45) is 5.92 Å². The number of carbonyl (C=O) groups is 1. The van der Waals surface area contributed by atoms with E-state index >= 15 is 0 Å². The minimum Gasteiger partial charge on any atom is -0.457 e. The largest absolute Gasteiger partial charge is 0.457 e. The third-order valence-corrected chi connectivity index (χ3v) is 1.81. The molecule has 0 heterocycles. The fourth-order valence-electron chi connectivity index (χ4n) is 0.881. The zero-order valence-electron chi connectivity index (χ0n) is 8.70. The Morgan fingerprint density at radius 3 is 2.15 bits per heavy atom. The van der Waals surface area contributed by atoms with E-state index in [9.17, 15) is 9.90 Å². The topological polar surface area (TPSA) is 46.5 Å². The van der Waals surface area contributed by atoms with E-state index in [-0.39, 0.29) is 5.92 Å². The molecule has 2 atom stereocenters. The van der Waals surface area contributed by atoms with Crippen LogP contribution in [0.1, 0.15) is 27.7 Å². The second kappa shape index (κ2) is 5.02. The van der Waals surface area contributed by atoms with Gasteiger partial charge in [0.2, 0.25) is 0 Å². The van der Waals surface area contributed by atoms with Gasteiger partial charge in [0.15, 0.2) is 0 Å². The number of aliphatic hydroxyl groups is 1. The van der Waals surface area contributed by atoms with Crippen LogP contribution in [0.4, 0.5) is 0 Å². The van der Waals surface area contributed by atoms with Crippen LogP contribution in [0.5, 0.6) is 0 Å². The third-order valence-electron chi connectivity index (χ3n) is 1.81. The minimum absolute atomic E-state index is 0.0768. The molecule has 0 rings (SSSR count). The van der Waals surface area contributed by atoms with E-state index in [1.54, 1.807) is 13.8 Å². The zero-order valence-corrected chi connectivity index (χ0v) is 8.70. The highest BCUT2D eigenvalue weighted by atomic mass is 16.6. The van der Waals surface area contributed by atoms with Gasteiger partial charge in [-0.25, -0.2) is 4.79 Å². The van der Waals surface area contributed by atoms with Crippen molar-refractivity contribution in [2.45, 2.75) is 39.9 Å². The average Bonchev–Trinajstić information content (AvgIpc) is 2.02. The highest BCUT2D eigenvalue weighted by Gasteiger charge is 2.21. The van der Waals surface area contributed by atoms with Gasteiger partial charge >= 0.3 is 5.97 Å². The first kappa shape index (κ1) is 12.2. The van der Waals surface area contributed by atoms with Gasteiger partial charge in [-0.3, -0.25) is 0 Å². The molecule has 2 unspecified atom stereocenters. The van der Waals surface area contributed by atoms with Gasteiger partial charge in [-0.05, 0) is 19.8 Å². The van der Waals surface area contributed by atoms with Crippen LogP contribution in [-0.2, 0) is 9.53 Å². The summed E-state index contributed by atoms with van der Waals surface area (Å²) in [5, 5.41) is 9.52. The lowest BCUT2D eigenvalue weighted by molar-refractivity contribution is -0.150. The molecule has 0 fully saturated rings. The Kier molecular flexibility index (Phi) is 4.70. The van der Waals surface area contributed by atoms with Crippen LogP contribution in [0.3, 0.4) is 0 Å². The lowest BCUT2D eigenvalue weighted by Gasteiger charge is -2.22. The van der Waals surface area contributed by atoms with Crippen molar-refractivity contribution in [1.29, 1.82) is 0 Å². The van der Waals surface area contributed by atoms with Crippen LogP contribution >= 0.6 is 0 Å². The second-order valence-corrected chi connectivity index (χ2v) is 3.63. The number of hydrogen-bond donors (Lipinski definition) is 1. The van der Waals surface area contributed by atoms with Crippen LogP contribution in [0.15, 0.2) is 12.2 Å². The molecular weight excluding hydrogens is 168 g/mol. The molecule has 0 saturated heterocycles. The molecule has 1 N–H and O–H groups in total. The fourth-order valence-corrected chi connectivity index (χ4v) is 0.881. The molecule has 0 spiro atoms. The summed E-state index contributed by atoms with van der Waals surface area (Å²) in [6.07, 6.45) is -1.10. The van der Waals surface area contributed by atoms with Gasteiger partial charge in [0.1, 0.15) is 6.10 Å². The number of esters is 1. The van der Waals surface area contributed by atoms with Crippen molar-refractivity contribution in [3.8, 4) is 0 Å². The quantitative estimate of drug-likeness (QED) is 0.534. The standard InChI is InChI=1S/C10H18O3/c1-6(2)9(11)8(5)13-10(12)7(3)4/h6,8-9,11H,3H2,1-2,4-5H3. The van der Waals surface area contributed by atoms with E-state index in [1.807, 2.05) is 13.8 Å². The van der Waals surface area contributed by atoms with Gasteiger partial charge in [-0.2, -0.15) is 0 Å². The van der Waals surface area contributed by atoms with Crippen molar-refractivity contribution in [1.82, 2.24) is 0 Å². The van der Waals surface area contributed by atoms with Gasteiger partial charge in [0.25, 0.3) is 0 Å². The van der Waals surface area contributed by atoms with Crippen molar-refractivity contribution in [3.63, 3.8) is 0 Å². The number of ether oxygens (including phenoxy) is 1. The van der Waals surface area contributed by atoms with Gasteiger partial charge in [0.05, 0.1) is 6.10 Å². The Morgan fingerprint density at radius 2 is 1.85 bits per heavy atom. The van der Waals surface area contributed by atoms with Gasteiger partial charge in [-0.15, -0.1) is 0 Å². The molecule has 0 radical (unpaired) electrons. The minimum atomic E-state index is -0.622. The van der Waals surface area contributed by atoms with Crippen LogP contribution in [0.25, 0.3) is 0 Å². The van der Waals surface area contributed by atoms with Crippen molar-refractivity contribution >= 4 is 5.97 Å². The second-order valence-electron chi connectivity index (χ2n) is 3.63. The number of aliphatic hydroxyl groups excluding tert-OH is 1. The van der Waals surface area contributed by atoms with Crippen LogP contribution in [-0.4, -0.2) is 23.3 Å². The highest BCUT2D eigenvalue weighted by molar-refractivity contribution is 5.87. The SMILES string of the molecule is C=C(C)C(=O)OC(C)C(O)C(C)C. The maximum Gasteiger partial charge on any atom is 0.333 e. The molecular formula is C10H18O3. The third kappa shape index (κ3) is 4.08. The normalized spacial score (nSPS) is 15.2. The molecule has 0 aliphatic rings. The predicted molar refractivity (Wildman–Crippen MR) is 51.2 cm³/mol. The Morgan fingerprint density at radius 1 is 1.38 bits per heavy atom. The summed E-state index contributed by atoms with van der Waals surface area (Å²) < 4.78 is 4.95. The van der Waals surface area contributed by atoms with E-state index in [0.717, 1.165) is 0 Å². The van der Waals surface area contributed by atoms with Gasteiger partial charge < -0.3 is 9.84 Å². The number of rotatable bonds is 4. The Balaban J connectivity index is 4.07. The molecule has 13 heavy (non-hydrogen) atoms. The first-order valence-electron chi connectivity index (χ1n) is 4.40. The highest BCUT2D eigenvalue weighted by Crippen LogP contribution is 2.10. The summed E-state index contributed by atoms with van der Waals surface area (Å²) in [5.74, 6) is -0.375. The van der Waals surface area contributed by atoms with Crippen molar-refractivity contribution in [2.75, 3.05) is 0 Å². The number of hydrogen-bond acceptors (Lipinski definition) is 3. The van der Waals surface area contributed by atoms with E-state index < -0.39 is 18.2 Å². The monoisotopic (exact) mass is 186 g/mol. The van der Waals surface area contributed by atoms with Crippen molar-refractivity contribution < 1.29 is 14.6 Å². The average molecular weight is 186 g/mol. The lowest BCUT2D eigenvalue weighted by Crippen LogP contribution is -2.32. The van der Waals surface area contributed by atoms with Crippen LogP contribution in [0, 0.1) is 5.92 Å². The maximum absolute atomic E-state index is 11.0. The first-order chi connectivity index (χ1) is 5.86. The van der Waals surface area contributed by atoms with Crippen LogP contribution < -0.4 is 0 Å². The fraction of sp³-hybridized carbons (Fsp3) is 0.700. The molecule has 0 bridgehead atoms. The van der Waals surface area contributed by atoms with Gasteiger partial charge in [-0.1, -0.05) is 20.4 Å². The molecule has 0 aliphatic carbocycles. The van der Waals surface area contributed by atoms with E-state index in [2.05, 4.69) is 6.58 Å². The van der Waals surface area contributed by atoms with Crippen LogP contribution in [0.2, 0.25) is 0 Å². The molecule has 3 nitrogen and oxygen atoms in total. The lowest BCUT2D eigenvalue weighted by atomic mass is 10.0. The predicted octanol–water partition coefficient (Wildman–Crippen LogP) is 1.51. The molecule has 0 aromatic heterocycles. The molecule has 0 aromatic rings.